The van der Waals surface area contributed by atoms with Crippen LogP contribution >= 0.6 is 23.2 Å². The van der Waals surface area contributed by atoms with Crippen LogP contribution in [0.15, 0.2) is 0 Å². The molecule has 0 radical (unpaired) electrons. The van der Waals surface area contributed by atoms with Crippen molar-refractivity contribution in [1.29, 1.82) is 0 Å². The average molecular weight is 268 g/mol. The highest BCUT2D eigenvalue weighted by atomic mass is 35.5. The Morgan fingerprint density at radius 1 is 1.44 bits per heavy atom. The molecule has 1 heterocycles. The highest BCUT2D eigenvalue weighted by molar-refractivity contribution is 6.32. The van der Waals surface area contributed by atoms with E-state index in [0.29, 0.717) is 36.7 Å². The van der Waals surface area contributed by atoms with Gasteiger partial charge in [-0.05, 0) is 11.6 Å². The van der Waals surface area contributed by atoms with Crippen molar-refractivity contribution in [3.05, 3.63) is 16.1 Å². The number of halogens is 2. The van der Waals surface area contributed by atoms with E-state index in [1.807, 2.05) is 0 Å². The Labute approximate surface area is 104 Å². The average Bonchev–Trinajstić information content (AvgIpc) is 2.49. The van der Waals surface area contributed by atoms with Gasteiger partial charge in [-0.15, -0.1) is 0 Å². The van der Waals surface area contributed by atoms with Gasteiger partial charge in [0.05, 0.1) is 25.5 Å². The fourth-order valence-electron chi connectivity index (χ4n) is 1.18. The lowest BCUT2D eigenvalue weighted by Gasteiger charge is -2.06. The van der Waals surface area contributed by atoms with Crippen molar-refractivity contribution < 1.29 is 9.84 Å². The predicted octanol–water partition coefficient (Wildman–Crippen LogP) is 0.825. The molecule has 0 aliphatic heterocycles. The molecule has 1 aromatic heterocycles. The Kier molecular flexibility index (Phi) is 6.08. The van der Waals surface area contributed by atoms with Crippen molar-refractivity contribution in [3.63, 3.8) is 0 Å². The van der Waals surface area contributed by atoms with Crippen molar-refractivity contribution in [1.82, 2.24) is 14.9 Å². The van der Waals surface area contributed by atoms with E-state index in [4.69, 9.17) is 33.0 Å². The van der Waals surface area contributed by atoms with Crippen LogP contribution in [0.5, 0.6) is 0 Å². The van der Waals surface area contributed by atoms with Crippen LogP contribution < -0.4 is 5.32 Å². The summed E-state index contributed by atoms with van der Waals surface area (Å²) >= 11 is 11.7. The van der Waals surface area contributed by atoms with Crippen molar-refractivity contribution in [3.8, 4) is 0 Å². The van der Waals surface area contributed by atoms with Crippen LogP contribution in [0.1, 0.15) is 5.69 Å². The number of aromatic nitrogens is 2. The summed E-state index contributed by atoms with van der Waals surface area (Å²) in [6, 6.07) is 0. The van der Waals surface area contributed by atoms with Gasteiger partial charge < -0.3 is 19.7 Å². The van der Waals surface area contributed by atoms with Gasteiger partial charge in [0.15, 0.2) is 5.15 Å². The van der Waals surface area contributed by atoms with Gasteiger partial charge in [-0.1, -0.05) is 11.6 Å². The van der Waals surface area contributed by atoms with Crippen molar-refractivity contribution in [2.24, 2.45) is 7.05 Å². The van der Waals surface area contributed by atoms with E-state index in [1.165, 1.54) is 0 Å². The van der Waals surface area contributed by atoms with Gasteiger partial charge in [-0.2, -0.15) is 0 Å². The van der Waals surface area contributed by atoms with Crippen molar-refractivity contribution in [2.75, 3.05) is 26.4 Å². The Bertz CT molecular complexity index is 331. The number of rotatable bonds is 7. The monoisotopic (exact) mass is 267 g/mol. The van der Waals surface area contributed by atoms with E-state index >= 15 is 0 Å². The molecule has 0 amide bonds. The molecule has 7 heteroatoms. The molecule has 0 saturated heterocycles. The largest absolute Gasteiger partial charge is 0.394 e. The molecule has 5 nitrogen and oxygen atoms in total. The summed E-state index contributed by atoms with van der Waals surface area (Å²) in [5, 5.41) is 12.4. The first-order chi connectivity index (χ1) is 7.66. The van der Waals surface area contributed by atoms with Gasteiger partial charge >= 0.3 is 0 Å². The molecule has 0 aromatic carbocycles. The second kappa shape index (κ2) is 7.09. The summed E-state index contributed by atoms with van der Waals surface area (Å²) in [4.78, 5) is 3.93. The highest BCUT2D eigenvalue weighted by Gasteiger charge is 2.10. The van der Waals surface area contributed by atoms with Gasteiger partial charge in [0.25, 0.3) is 0 Å². The van der Waals surface area contributed by atoms with Gasteiger partial charge in [0, 0.05) is 20.1 Å². The summed E-state index contributed by atoms with van der Waals surface area (Å²) in [7, 11) is 1.81. The summed E-state index contributed by atoms with van der Waals surface area (Å²) in [5.41, 5.74) is 0.842. The minimum atomic E-state index is 0.0448. The molecule has 0 fully saturated rings. The molecule has 0 unspecified atom stereocenters. The first-order valence-electron chi connectivity index (χ1n) is 4.92. The number of imidazole rings is 1. The maximum atomic E-state index is 8.49. The van der Waals surface area contributed by atoms with Gasteiger partial charge in [-0.3, -0.25) is 0 Å². The molecule has 0 aliphatic carbocycles. The van der Waals surface area contributed by atoms with Gasteiger partial charge in [0.2, 0.25) is 5.28 Å². The Morgan fingerprint density at radius 2 is 2.19 bits per heavy atom. The number of nitrogens with one attached hydrogen (secondary N) is 1. The van der Waals surface area contributed by atoms with Crippen LogP contribution in [0, 0.1) is 0 Å². The summed E-state index contributed by atoms with van der Waals surface area (Å²) < 4.78 is 6.82. The standard InChI is InChI=1S/C9H15Cl2N3O2/c1-14-7(8(10)13-9(14)11)6-12-2-4-16-5-3-15/h12,15H,2-6H2,1H3. The third-order valence-corrected chi connectivity index (χ3v) is 2.70. The fourth-order valence-corrected chi connectivity index (χ4v) is 1.68. The lowest BCUT2D eigenvalue weighted by Crippen LogP contribution is -2.21. The van der Waals surface area contributed by atoms with Crippen LogP contribution in [-0.2, 0) is 18.3 Å². The molecule has 2 N–H and O–H groups in total. The van der Waals surface area contributed by atoms with Crippen LogP contribution in [0.25, 0.3) is 0 Å². The van der Waals surface area contributed by atoms with Crippen LogP contribution in [0.4, 0.5) is 0 Å². The second-order valence-corrected chi connectivity index (χ2v) is 3.89. The van der Waals surface area contributed by atoms with Crippen LogP contribution in [0.2, 0.25) is 10.4 Å². The maximum Gasteiger partial charge on any atom is 0.204 e. The number of hydrogen-bond donors (Lipinski definition) is 2. The van der Waals surface area contributed by atoms with Gasteiger partial charge in [0.1, 0.15) is 0 Å². The van der Waals surface area contributed by atoms with E-state index in [1.54, 1.807) is 11.6 Å². The predicted molar refractivity (Wildman–Crippen MR) is 62.8 cm³/mol. The van der Waals surface area contributed by atoms with E-state index < -0.39 is 0 Å². The molecule has 1 aromatic rings. The molecule has 0 atom stereocenters. The highest BCUT2D eigenvalue weighted by Crippen LogP contribution is 2.18. The van der Waals surface area contributed by atoms with Crippen LogP contribution in [-0.4, -0.2) is 41.0 Å². The Balaban J connectivity index is 2.26. The number of ether oxygens (including phenoxy) is 1. The first-order valence-corrected chi connectivity index (χ1v) is 5.68. The second-order valence-electron chi connectivity index (χ2n) is 3.19. The summed E-state index contributed by atoms with van der Waals surface area (Å²) in [5.74, 6) is 0. The Hall–Kier alpha value is -0.330. The number of nitrogens with zero attached hydrogens (tertiary/aromatic N) is 2. The topological polar surface area (TPSA) is 59.3 Å². The van der Waals surface area contributed by atoms with E-state index in [-0.39, 0.29) is 6.61 Å². The molecule has 0 bridgehead atoms. The minimum Gasteiger partial charge on any atom is -0.394 e. The third-order valence-electron chi connectivity index (χ3n) is 2.06. The molecular formula is C9H15Cl2N3O2. The fraction of sp³-hybridized carbons (Fsp3) is 0.667. The van der Waals surface area contributed by atoms with Crippen molar-refractivity contribution >= 4 is 23.2 Å². The molecule has 92 valence electrons. The first kappa shape index (κ1) is 13.7. The zero-order chi connectivity index (χ0) is 12.0. The smallest absolute Gasteiger partial charge is 0.204 e. The normalized spacial score (nSPS) is 11.0. The molecular weight excluding hydrogens is 253 g/mol. The molecule has 16 heavy (non-hydrogen) atoms. The van der Waals surface area contributed by atoms with Crippen molar-refractivity contribution in [2.45, 2.75) is 6.54 Å². The molecule has 1 rings (SSSR count). The summed E-state index contributed by atoms with van der Waals surface area (Å²) in [6.07, 6.45) is 0. The summed E-state index contributed by atoms with van der Waals surface area (Å²) in [6.45, 7) is 2.21. The number of aliphatic hydroxyl groups is 1. The molecule has 0 saturated carbocycles. The minimum absolute atomic E-state index is 0.0448. The zero-order valence-corrected chi connectivity index (χ0v) is 10.6. The Morgan fingerprint density at radius 3 is 2.75 bits per heavy atom. The maximum absolute atomic E-state index is 8.49. The van der Waals surface area contributed by atoms with E-state index in [2.05, 4.69) is 10.3 Å². The lowest BCUT2D eigenvalue weighted by molar-refractivity contribution is 0.0937. The number of hydrogen-bond acceptors (Lipinski definition) is 4. The SMILES string of the molecule is Cn1c(Cl)nc(Cl)c1CNCCOCCO. The lowest BCUT2D eigenvalue weighted by atomic mass is 10.4. The van der Waals surface area contributed by atoms with Crippen LogP contribution in [0.3, 0.4) is 0 Å². The quantitative estimate of drug-likeness (QED) is 0.719. The zero-order valence-electron chi connectivity index (χ0n) is 9.04. The number of aliphatic hydroxyl groups excluding tert-OH is 1. The van der Waals surface area contributed by atoms with E-state index in [9.17, 15) is 0 Å². The molecule has 0 aliphatic rings. The van der Waals surface area contributed by atoms with Gasteiger partial charge in [-0.25, -0.2) is 4.98 Å². The van der Waals surface area contributed by atoms with E-state index in [0.717, 1.165) is 5.69 Å². The molecule has 0 spiro atoms. The third kappa shape index (κ3) is 3.92.